The van der Waals surface area contributed by atoms with Crippen molar-refractivity contribution in [1.29, 1.82) is 0 Å². The van der Waals surface area contributed by atoms with Gasteiger partial charge in [-0.25, -0.2) is 9.59 Å². The van der Waals surface area contributed by atoms with Gasteiger partial charge < -0.3 is 25.6 Å². The Labute approximate surface area is 236 Å². The van der Waals surface area contributed by atoms with E-state index < -0.39 is 59.4 Å². The highest BCUT2D eigenvalue weighted by atomic mass is 32.2. The van der Waals surface area contributed by atoms with Gasteiger partial charge in [-0.2, -0.15) is 0 Å². The first-order valence-electron chi connectivity index (χ1n) is 13.3. The molecule has 0 spiro atoms. The number of ketones is 1. The molecule has 40 heavy (non-hydrogen) atoms. The Hall–Kier alpha value is -3.42. The summed E-state index contributed by atoms with van der Waals surface area (Å²) in [5, 5.41) is 23.5. The first kappa shape index (κ1) is 32.8. The van der Waals surface area contributed by atoms with E-state index in [1.54, 1.807) is 0 Å². The van der Waals surface area contributed by atoms with Crippen LogP contribution in [0.2, 0.25) is 0 Å². The lowest BCUT2D eigenvalue weighted by Gasteiger charge is -2.49. The van der Waals surface area contributed by atoms with Gasteiger partial charge in [0, 0.05) is 24.2 Å². The molecule has 13 nitrogen and oxygen atoms in total. The van der Waals surface area contributed by atoms with Gasteiger partial charge in [-0.3, -0.25) is 28.9 Å². The number of carboxylic acids is 2. The van der Waals surface area contributed by atoms with Crippen molar-refractivity contribution in [3.8, 4) is 0 Å². The Balaban J connectivity index is 1.83. The number of Topliss-reactive ketones (excluding diaryl/α,β-unsaturated/α-hetero) is 1. The highest BCUT2D eigenvalue weighted by Gasteiger charge is 2.54. The molecule has 14 heteroatoms. The molecule has 2 unspecified atom stereocenters. The van der Waals surface area contributed by atoms with Crippen LogP contribution in [0.4, 0.5) is 0 Å². The molecule has 2 aliphatic heterocycles. The average molecular weight is 584 g/mol. The number of carbonyl (C=O) groups excluding carboxylic acids is 5. The highest BCUT2D eigenvalue weighted by Crippen LogP contribution is 2.40. The highest BCUT2D eigenvalue weighted by molar-refractivity contribution is 8.00. The summed E-state index contributed by atoms with van der Waals surface area (Å²) in [6, 6.07) is -2.09. The SMILES string of the molecule is CCCCCCCC(=O)NC(CCCC(=O)NC1C(=O)N2C(C(=O)O)=C(COC(=O)CC(C)=O)CS[C@@H]12)C(=O)O. The van der Waals surface area contributed by atoms with E-state index in [1.165, 1.54) is 18.7 Å². The fourth-order valence-electron chi connectivity index (χ4n) is 4.34. The summed E-state index contributed by atoms with van der Waals surface area (Å²) in [5.41, 5.74) is -0.119. The van der Waals surface area contributed by atoms with Gasteiger partial charge in [0.2, 0.25) is 11.8 Å². The number of thioether (sulfide) groups is 1. The Bertz CT molecular complexity index is 1040. The van der Waals surface area contributed by atoms with Gasteiger partial charge in [-0.05, 0) is 26.2 Å². The zero-order valence-electron chi connectivity index (χ0n) is 22.7. The first-order chi connectivity index (χ1) is 19.0. The minimum Gasteiger partial charge on any atom is -0.480 e. The summed E-state index contributed by atoms with van der Waals surface area (Å²) < 4.78 is 4.97. The summed E-state index contributed by atoms with van der Waals surface area (Å²) in [5.74, 6) is -5.14. The number of carboxylic acid groups (broad SMARTS) is 2. The fourth-order valence-corrected chi connectivity index (χ4v) is 5.67. The van der Waals surface area contributed by atoms with Crippen LogP contribution >= 0.6 is 11.8 Å². The van der Waals surface area contributed by atoms with Crippen LogP contribution in [0.3, 0.4) is 0 Å². The number of rotatable bonds is 18. The maximum atomic E-state index is 12.7. The second-order valence-electron chi connectivity index (χ2n) is 9.77. The molecule has 3 atom stereocenters. The molecule has 1 saturated heterocycles. The molecule has 4 N–H and O–H groups in total. The number of ether oxygens (including phenoxy) is 1. The van der Waals surface area contributed by atoms with Gasteiger partial charge in [-0.1, -0.05) is 32.6 Å². The van der Waals surface area contributed by atoms with Crippen molar-refractivity contribution in [2.24, 2.45) is 0 Å². The van der Waals surface area contributed by atoms with Crippen LogP contribution in [0.25, 0.3) is 0 Å². The van der Waals surface area contributed by atoms with Gasteiger partial charge >= 0.3 is 17.9 Å². The number of nitrogens with one attached hydrogen (secondary N) is 2. The lowest BCUT2D eigenvalue weighted by molar-refractivity contribution is -0.151. The third kappa shape index (κ3) is 9.65. The molecule has 0 aromatic carbocycles. The maximum Gasteiger partial charge on any atom is 0.352 e. The maximum absolute atomic E-state index is 12.7. The van der Waals surface area contributed by atoms with Crippen LogP contribution in [-0.2, 0) is 38.3 Å². The molecule has 2 heterocycles. The van der Waals surface area contributed by atoms with E-state index in [2.05, 4.69) is 17.6 Å². The van der Waals surface area contributed by atoms with Crippen LogP contribution < -0.4 is 10.6 Å². The number of hydrogen-bond acceptors (Lipinski definition) is 9. The summed E-state index contributed by atoms with van der Waals surface area (Å²) >= 11 is 1.20. The molecule has 0 aromatic heterocycles. The number of nitrogens with zero attached hydrogens (tertiary/aromatic N) is 1. The Morgan fingerprint density at radius 3 is 2.33 bits per heavy atom. The van der Waals surface area contributed by atoms with Gasteiger partial charge in [-0.15, -0.1) is 11.8 Å². The zero-order valence-corrected chi connectivity index (χ0v) is 23.5. The largest absolute Gasteiger partial charge is 0.480 e. The average Bonchev–Trinajstić information content (AvgIpc) is 2.88. The van der Waals surface area contributed by atoms with Gasteiger partial charge in [0.15, 0.2) is 0 Å². The second kappa shape index (κ2) is 16.0. The molecule has 0 bridgehead atoms. The molecule has 0 aliphatic carbocycles. The van der Waals surface area contributed by atoms with E-state index in [1.807, 2.05) is 0 Å². The van der Waals surface area contributed by atoms with Crippen LogP contribution in [-0.4, -0.2) is 86.3 Å². The van der Waals surface area contributed by atoms with Crippen molar-refractivity contribution >= 4 is 53.2 Å². The van der Waals surface area contributed by atoms with E-state index in [9.17, 15) is 43.8 Å². The fraction of sp³-hybridized carbons (Fsp3) is 0.654. The van der Waals surface area contributed by atoms with Crippen molar-refractivity contribution in [2.45, 2.75) is 95.5 Å². The molecule has 3 amide bonds. The Morgan fingerprint density at radius 1 is 1.02 bits per heavy atom. The van der Waals surface area contributed by atoms with E-state index in [0.29, 0.717) is 6.42 Å². The van der Waals surface area contributed by atoms with E-state index >= 15 is 0 Å². The molecule has 0 aromatic rings. The second-order valence-corrected chi connectivity index (χ2v) is 10.9. The normalized spacial score (nSPS) is 18.8. The third-order valence-electron chi connectivity index (χ3n) is 6.40. The van der Waals surface area contributed by atoms with Gasteiger partial charge in [0.1, 0.15) is 42.0 Å². The summed E-state index contributed by atoms with van der Waals surface area (Å²) in [4.78, 5) is 84.4. The monoisotopic (exact) mass is 583 g/mol. The number of aliphatic carboxylic acids is 2. The molecule has 1 fully saturated rings. The van der Waals surface area contributed by atoms with Crippen molar-refractivity contribution < 1.29 is 48.5 Å². The van der Waals surface area contributed by atoms with Crippen molar-refractivity contribution in [3.63, 3.8) is 0 Å². The lowest BCUT2D eigenvalue weighted by Crippen LogP contribution is -2.70. The zero-order chi connectivity index (χ0) is 29.8. The van der Waals surface area contributed by atoms with E-state index in [0.717, 1.165) is 30.6 Å². The number of esters is 1. The standard InChI is InChI=1S/C26H37N3O10S/c1-3-4-5-6-7-10-18(31)27-17(25(35)36)9-8-11-19(32)28-21-23(34)29-22(26(37)38)16(14-40-24(21)29)13-39-20(33)12-15(2)30/h17,21,24H,3-14H2,1-2H3,(H,27,31)(H,28,32)(H,35,36)(H,37,38)/t17?,21?,24-/m0/s1. The minimum absolute atomic E-state index is 0.0326. The van der Waals surface area contributed by atoms with E-state index in [4.69, 9.17) is 4.74 Å². The molecule has 2 aliphatic rings. The number of carbonyl (C=O) groups is 7. The topological polar surface area (TPSA) is 196 Å². The predicted octanol–water partition coefficient (Wildman–Crippen LogP) is 1.35. The predicted molar refractivity (Wildman–Crippen MR) is 143 cm³/mol. The molecule has 0 saturated carbocycles. The number of hydrogen-bond donors (Lipinski definition) is 4. The van der Waals surface area contributed by atoms with Crippen LogP contribution in [0.5, 0.6) is 0 Å². The van der Waals surface area contributed by atoms with Crippen LogP contribution in [0.1, 0.15) is 78.1 Å². The molecule has 2 rings (SSSR count). The molecular formula is C26H37N3O10S. The van der Waals surface area contributed by atoms with Crippen molar-refractivity contribution in [2.75, 3.05) is 12.4 Å². The lowest BCUT2D eigenvalue weighted by atomic mass is 10.0. The Morgan fingerprint density at radius 2 is 1.70 bits per heavy atom. The number of fused-ring (bicyclic) bond motifs is 1. The summed E-state index contributed by atoms with van der Waals surface area (Å²) in [6.07, 6.45) is 4.66. The molecule has 222 valence electrons. The summed E-state index contributed by atoms with van der Waals surface area (Å²) in [6.45, 7) is 2.93. The molecular weight excluding hydrogens is 546 g/mol. The smallest absolute Gasteiger partial charge is 0.352 e. The Kier molecular flexibility index (Phi) is 13.1. The molecule has 0 radical (unpaired) electrons. The van der Waals surface area contributed by atoms with Crippen LogP contribution in [0.15, 0.2) is 11.3 Å². The minimum atomic E-state index is -1.39. The van der Waals surface area contributed by atoms with Crippen LogP contribution in [0, 0.1) is 0 Å². The summed E-state index contributed by atoms with van der Waals surface area (Å²) in [7, 11) is 0. The van der Waals surface area contributed by atoms with Gasteiger partial charge in [0.05, 0.1) is 0 Å². The first-order valence-corrected chi connectivity index (χ1v) is 14.4. The van der Waals surface area contributed by atoms with E-state index in [-0.39, 0.29) is 55.2 Å². The number of amides is 3. The third-order valence-corrected chi connectivity index (χ3v) is 7.74. The quantitative estimate of drug-likeness (QED) is 0.0786. The number of β-lactam (4-membered cyclic amide) rings is 1. The number of unbranched alkanes of at least 4 members (excludes halogenated alkanes) is 4. The van der Waals surface area contributed by atoms with Crippen molar-refractivity contribution in [1.82, 2.24) is 15.5 Å². The van der Waals surface area contributed by atoms with Crippen molar-refractivity contribution in [3.05, 3.63) is 11.3 Å². The van der Waals surface area contributed by atoms with Gasteiger partial charge in [0.25, 0.3) is 5.91 Å².